The number of rotatable bonds is 8. The SMILES string of the molecule is COc1cc(C2C3=C(CCCC3=O)N(CC(=O)O)C3=C2C(=O)CCC3)ccc1OCc1ccc([N+](=O)[O-])cc1. The van der Waals surface area contributed by atoms with Gasteiger partial charge < -0.3 is 19.5 Å². The van der Waals surface area contributed by atoms with Crippen LogP contribution in [0.5, 0.6) is 11.5 Å². The molecule has 3 aliphatic rings. The molecule has 0 bridgehead atoms. The van der Waals surface area contributed by atoms with E-state index in [4.69, 9.17) is 9.47 Å². The van der Waals surface area contributed by atoms with Crippen LogP contribution in [0.15, 0.2) is 65.0 Å². The lowest BCUT2D eigenvalue weighted by Crippen LogP contribution is -2.41. The van der Waals surface area contributed by atoms with Crippen molar-refractivity contribution in [2.24, 2.45) is 0 Å². The second-order valence-electron chi connectivity index (χ2n) is 9.81. The van der Waals surface area contributed by atoms with Gasteiger partial charge in [0.2, 0.25) is 0 Å². The second kappa shape index (κ2) is 10.7. The first-order valence-corrected chi connectivity index (χ1v) is 12.8. The molecule has 2 aromatic rings. The number of aliphatic carboxylic acids is 1. The van der Waals surface area contributed by atoms with Crippen LogP contribution in [0.4, 0.5) is 5.69 Å². The highest BCUT2D eigenvalue weighted by Crippen LogP contribution is 2.50. The van der Waals surface area contributed by atoms with E-state index in [1.807, 2.05) is 6.07 Å². The number of ether oxygens (including phenoxy) is 2. The van der Waals surface area contributed by atoms with Crippen LogP contribution < -0.4 is 9.47 Å². The number of hydrogen-bond donors (Lipinski definition) is 1. The summed E-state index contributed by atoms with van der Waals surface area (Å²) in [5, 5.41) is 20.5. The number of carboxylic acids is 1. The highest BCUT2D eigenvalue weighted by Gasteiger charge is 2.43. The summed E-state index contributed by atoms with van der Waals surface area (Å²) < 4.78 is 11.6. The summed E-state index contributed by atoms with van der Waals surface area (Å²) in [6.45, 7) is -0.132. The molecule has 0 atom stereocenters. The van der Waals surface area contributed by atoms with E-state index in [1.54, 1.807) is 29.2 Å². The summed E-state index contributed by atoms with van der Waals surface area (Å²) in [6, 6.07) is 11.4. The van der Waals surface area contributed by atoms with Crippen LogP contribution in [0.2, 0.25) is 0 Å². The smallest absolute Gasteiger partial charge is 0.323 e. The van der Waals surface area contributed by atoms with Crippen molar-refractivity contribution in [1.82, 2.24) is 4.90 Å². The summed E-state index contributed by atoms with van der Waals surface area (Å²) in [5.41, 5.74) is 3.83. The number of carbonyl (C=O) groups is 3. The molecular formula is C29H28N2O8. The molecule has 1 N–H and O–H groups in total. The summed E-state index contributed by atoms with van der Waals surface area (Å²) in [6.07, 6.45) is 3.11. The van der Waals surface area contributed by atoms with Gasteiger partial charge in [-0.1, -0.05) is 6.07 Å². The Morgan fingerprint density at radius 3 is 2.13 bits per heavy atom. The average Bonchev–Trinajstić information content (AvgIpc) is 2.92. The number of allylic oxidation sites excluding steroid dienone is 4. The monoisotopic (exact) mass is 532 g/mol. The number of nitro groups is 1. The number of nitro benzene ring substituents is 1. The van der Waals surface area contributed by atoms with Gasteiger partial charge in [-0.2, -0.15) is 0 Å². The predicted octanol–water partition coefficient (Wildman–Crippen LogP) is 4.68. The van der Waals surface area contributed by atoms with Crippen LogP contribution in [-0.2, 0) is 21.0 Å². The Kier molecular flexibility index (Phi) is 7.19. The lowest BCUT2D eigenvalue weighted by atomic mass is 9.71. The van der Waals surface area contributed by atoms with Crippen molar-refractivity contribution in [1.29, 1.82) is 0 Å². The van der Waals surface area contributed by atoms with Crippen LogP contribution >= 0.6 is 0 Å². The maximum absolute atomic E-state index is 13.3. The van der Waals surface area contributed by atoms with Crippen LogP contribution in [0.25, 0.3) is 0 Å². The number of carbonyl (C=O) groups excluding carboxylic acids is 2. The van der Waals surface area contributed by atoms with Crippen molar-refractivity contribution in [3.8, 4) is 11.5 Å². The van der Waals surface area contributed by atoms with E-state index in [9.17, 15) is 29.6 Å². The third-order valence-electron chi connectivity index (χ3n) is 7.44. The number of Topliss-reactive ketones (excluding diaryl/α,β-unsaturated/α-hetero) is 2. The van der Waals surface area contributed by atoms with Gasteiger partial charge in [0, 0.05) is 53.4 Å². The van der Waals surface area contributed by atoms with Crippen LogP contribution in [0.1, 0.15) is 55.6 Å². The highest BCUT2D eigenvalue weighted by molar-refractivity contribution is 6.06. The lowest BCUT2D eigenvalue weighted by molar-refractivity contribution is -0.384. The topological polar surface area (TPSA) is 136 Å². The Morgan fingerprint density at radius 2 is 1.59 bits per heavy atom. The fourth-order valence-corrected chi connectivity index (χ4v) is 5.73. The van der Waals surface area contributed by atoms with Crippen molar-refractivity contribution in [2.45, 2.75) is 51.0 Å². The zero-order valence-corrected chi connectivity index (χ0v) is 21.5. The van der Waals surface area contributed by atoms with E-state index in [2.05, 4.69) is 0 Å². The molecule has 0 spiro atoms. The summed E-state index contributed by atoms with van der Waals surface area (Å²) >= 11 is 0. The largest absolute Gasteiger partial charge is 0.493 e. The van der Waals surface area contributed by atoms with Gasteiger partial charge in [0.05, 0.1) is 12.0 Å². The molecule has 10 heteroatoms. The van der Waals surface area contributed by atoms with Crippen LogP contribution in [-0.4, -0.2) is 46.1 Å². The molecule has 0 saturated heterocycles. The maximum atomic E-state index is 13.3. The standard InChI is InChI=1S/C29H28N2O8/c1-38-25-14-18(10-13-24(25)39-16-17-8-11-19(12-9-17)31(36)37)27-28-20(4-2-6-22(28)32)30(15-26(34)35)21-5-3-7-23(33)29(21)27/h8-14,27H,2-7,15-16H2,1H3,(H,34,35). The first-order chi connectivity index (χ1) is 18.8. The molecule has 2 aliphatic carbocycles. The molecule has 5 rings (SSSR count). The lowest BCUT2D eigenvalue weighted by Gasteiger charge is -2.43. The Morgan fingerprint density at radius 1 is 0.974 bits per heavy atom. The number of benzene rings is 2. The van der Waals surface area contributed by atoms with E-state index in [-0.39, 0.29) is 30.4 Å². The third kappa shape index (κ3) is 5.01. The van der Waals surface area contributed by atoms with Crippen LogP contribution in [0, 0.1) is 10.1 Å². The molecular weight excluding hydrogens is 504 g/mol. The van der Waals surface area contributed by atoms with Crippen molar-refractivity contribution in [3.63, 3.8) is 0 Å². The molecule has 1 aliphatic heterocycles. The number of methoxy groups -OCH3 is 1. The van der Waals surface area contributed by atoms with E-state index < -0.39 is 16.8 Å². The third-order valence-corrected chi connectivity index (χ3v) is 7.44. The number of hydrogen-bond acceptors (Lipinski definition) is 8. The molecule has 0 radical (unpaired) electrons. The minimum Gasteiger partial charge on any atom is -0.493 e. The molecule has 202 valence electrons. The number of non-ortho nitro benzene ring substituents is 1. The molecule has 0 saturated carbocycles. The second-order valence-corrected chi connectivity index (χ2v) is 9.81. The van der Waals surface area contributed by atoms with Gasteiger partial charge in [0.1, 0.15) is 13.2 Å². The van der Waals surface area contributed by atoms with Crippen molar-refractivity contribution in [3.05, 3.63) is 86.2 Å². The molecule has 39 heavy (non-hydrogen) atoms. The number of ketones is 2. The Bertz CT molecular complexity index is 1380. The van der Waals surface area contributed by atoms with E-state index in [1.165, 1.54) is 19.2 Å². The molecule has 0 amide bonds. The van der Waals surface area contributed by atoms with Gasteiger partial charge in [-0.15, -0.1) is 0 Å². The summed E-state index contributed by atoms with van der Waals surface area (Å²) in [7, 11) is 1.50. The predicted molar refractivity (Wildman–Crippen MR) is 139 cm³/mol. The fourth-order valence-electron chi connectivity index (χ4n) is 5.73. The van der Waals surface area contributed by atoms with Gasteiger partial charge in [0.15, 0.2) is 23.1 Å². The van der Waals surface area contributed by atoms with E-state index in [0.29, 0.717) is 78.1 Å². The minimum absolute atomic E-state index is 0.00745. The number of carboxylic acid groups (broad SMARTS) is 1. The molecule has 2 aromatic carbocycles. The molecule has 0 aromatic heterocycles. The first kappa shape index (κ1) is 26.1. The van der Waals surface area contributed by atoms with Gasteiger partial charge in [-0.3, -0.25) is 24.5 Å². The van der Waals surface area contributed by atoms with E-state index in [0.717, 1.165) is 5.56 Å². The van der Waals surface area contributed by atoms with Gasteiger partial charge in [0.25, 0.3) is 5.69 Å². The maximum Gasteiger partial charge on any atom is 0.323 e. The Hall–Kier alpha value is -4.47. The number of nitrogens with zero attached hydrogens (tertiary/aromatic N) is 2. The zero-order valence-electron chi connectivity index (χ0n) is 21.5. The Balaban J connectivity index is 1.52. The van der Waals surface area contributed by atoms with Crippen molar-refractivity contribution >= 4 is 23.2 Å². The van der Waals surface area contributed by atoms with Crippen molar-refractivity contribution < 1.29 is 33.9 Å². The summed E-state index contributed by atoms with van der Waals surface area (Å²) in [4.78, 5) is 50.5. The first-order valence-electron chi connectivity index (χ1n) is 12.8. The zero-order chi connectivity index (χ0) is 27.7. The van der Waals surface area contributed by atoms with Crippen molar-refractivity contribution in [2.75, 3.05) is 13.7 Å². The van der Waals surface area contributed by atoms with Gasteiger partial charge in [-0.25, -0.2) is 0 Å². The minimum atomic E-state index is -1.01. The molecule has 1 heterocycles. The molecule has 0 fully saturated rings. The van der Waals surface area contributed by atoms with Gasteiger partial charge >= 0.3 is 5.97 Å². The molecule has 0 unspecified atom stereocenters. The molecule has 10 nitrogen and oxygen atoms in total. The Labute approximate surface area is 224 Å². The quantitative estimate of drug-likeness (QED) is 0.379. The average molecular weight is 533 g/mol. The van der Waals surface area contributed by atoms with E-state index >= 15 is 0 Å². The summed E-state index contributed by atoms with van der Waals surface area (Å²) in [5.74, 6) is -0.898. The highest BCUT2D eigenvalue weighted by atomic mass is 16.6. The fraction of sp³-hybridized carbons (Fsp3) is 0.345. The van der Waals surface area contributed by atoms with Crippen LogP contribution in [0.3, 0.4) is 0 Å². The normalized spacial score (nSPS) is 17.6. The van der Waals surface area contributed by atoms with Gasteiger partial charge in [-0.05, 0) is 61.1 Å².